The molecule has 18 heavy (non-hydrogen) atoms. The summed E-state index contributed by atoms with van der Waals surface area (Å²) in [6.07, 6.45) is 0.165. The van der Waals surface area contributed by atoms with Crippen LogP contribution in [0.5, 0.6) is 0 Å². The second-order valence-corrected chi connectivity index (χ2v) is 6.20. The molecule has 0 saturated carbocycles. The summed E-state index contributed by atoms with van der Waals surface area (Å²) in [7, 11) is -4.20. The Kier molecular flexibility index (Phi) is 5.57. The number of aromatic nitrogens is 1. The van der Waals surface area contributed by atoms with Gasteiger partial charge in [-0.15, -0.1) is 0 Å². The molecule has 92 valence electrons. The van der Waals surface area contributed by atoms with Crippen LogP contribution in [-0.2, 0) is 16.7 Å². The van der Waals surface area contributed by atoms with E-state index >= 15 is 0 Å². The van der Waals surface area contributed by atoms with Gasteiger partial charge in [0.05, 0.1) is 20.2 Å². The molecule has 0 aliphatic carbocycles. The van der Waals surface area contributed by atoms with Crippen molar-refractivity contribution < 1.29 is 42.5 Å². The number of hydrogen-bond donors (Lipinski definition) is 0. The van der Waals surface area contributed by atoms with Gasteiger partial charge in [0.15, 0.2) is 0 Å². The van der Waals surface area contributed by atoms with Gasteiger partial charge in [-0.3, -0.25) is 8.75 Å². The van der Waals surface area contributed by atoms with E-state index in [0.29, 0.717) is 5.39 Å². The zero-order valence-corrected chi connectivity index (χ0v) is 13.5. The van der Waals surface area contributed by atoms with E-state index in [4.69, 9.17) is 0 Å². The summed E-state index contributed by atoms with van der Waals surface area (Å²) in [4.78, 5) is 11.8. The molecule has 1 aromatic carbocycles. The van der Waals surface area contributed by atoms with Gasteiger partial charge in [-0.2, -0.15) is 0 Å². The Morgan fingerprint density at radius 1 is 1.28 bits per heavy atom. The molecule has 2 aromatic rings. The quantitative estimate of drug-likeness (QED) is 0.483. The molecule has 0 spiro atoms. The summed E-state index contributed by atoms with van der Waals surface area (Å²) in [5.74, 6) is -0.437. The van der Waals surface area contributed by atoms with Gasteiger partial charge in [-0.1, -0.05) is 23.7 Å². The van der Waals surface area contributed by atoms with Crippen molar-refractivity contribution >= 4 is 31.7 Å². The number of rotatable bonds is 4. The third-order valence-corrected chi connectivity index (χ3v) is 4.22. The number of nitrogens with zero attached hydrogens (tertiary/aromatic N) is 1. The molecular formula is C10H10NNaO4S2. The van der Waals surface area contributed by atoms with Crippen molar-refractivity contribution in [3.8, 4) is 0 Å². The molecule has 0 saturated heterocycles. The Morgan fingerprint density at radius 2 is 1.94 bits per heavy atom. The summed E-state index contributed by atoms with van der Waals surface area (Å²) in [6, 6.07) is 7.19. The van der Waals surface area contributed by atoms with Crippen molar-refractivity contribution in [2.24, 2.45) is 0 Å². The molecule has 1 heterocycles. The Morgan fingerprint density at radius 3 is 2.56 bits per heavy atom. The second kappa shape index (κ2) is 6.31. The second-order valence-electron chi connectivity index (χ2n) is 3.61. The summed E-state index contributed by atoms with van der Waals surface area (Å²) >= 11 is 1.28. The Labute approximate surface area is 131 Å². The van der Waals surface area contributed by atoms with Gasteiger partial charge >= 0.3 is 29.6 Å². The fraction of sp³-hybridized carbons (Fsp3) is 0.300. The maximum Gasteiger partial charge on any atom is 1.00 e. The van der Waals surface area contributed by atoms with Gasteiger partial charge in [0.25, 0.3) is 5.56 Å². The van der Waals surface area contributed by atoms with E-state index < -0.39 is 15.9 Å². The van der Waals surface area contributed by atoms with E-state index in [0.717, 1.165) is 4.70 Å². The van der Waals surface area contributed by atoms with Crippen LogP contribution in [0.4, 0.5) is 0 Å². The molecule has 0 fully saturated rings. The van der Waals surface area contributed by atoms with Crippen molar-refractivity contribution in [3.63, 3.8) is 0 Å². The maximum absolute atomic E-state index is 11.8. The van der Waals surface area contributed by atoms with Crippen LogP contribution in [0.2, 0.25) is 0 Å². The van der Waals surface area contributed by atoms with Crippen LogP contribution in [0.1, 0.15) is 6.42 Å². The van der Waals surface area contributed by atoms with Gasteiger partial charge in [-0.05, 0) is 18.6 Å². The number of aryl methyl sites for hydroxylation is 1. The van der Waals surface area contributed by atoms with E-state index in [1.807, 2.05) is 12.1 Å². The van der Waals surface area contributed by atoms with Crippen LogP contribution in [0.15, 0.2) is 29.1 Å². The first-order valence-electron chi connectivity index (χ1n) is 5.00. The topological polar surface area (TPSA) is 79.2 Å². The van der Waals surface area contributed by atoms with E-state index in [9.17, 15) is 17.8 Å². The van der Waals surface area contributed by atoms with Crippen LogP contribution in [-0.4, -0.2) is 22.7 Å². The van der Waals surface area contributed by atoms with E-state index in [1.54, 1.807) is 12.1 Å². The molecular weight excluding hydrogens is 285 g/mol. The van der Waals surface area contributed by atoms with Crippen LogP contribution < -0.4 is 35.1 Å². The molecule has 0 bridgehead atoms. The number of fused-ring (bicyclic) bond motifs is 1. The number of benzene rings is 1. The fourth-order valence-electron chi connectivity index (χ4n) is 1.55. The molecule has 0 atom stereocenters. The molecule has 0 N–H and O–H groups in total. The summed E-state index contributed by atoms with van der Waals surface area (Å²) in [5, 5.41) is 0.627. The van der Waals surface area contributed by atoms with E-state index in [1.165, 1.54) is 15.5 Å². The van der Waals surface area contributed by atoms with Gasteiger partial charge in [0, 0.05) is 12.3 Å². The summed E-state index contributed by atoms with van der Waals surface area (Å²) in [6.45, 7) is 0.264. The van der Waals surface area contributed by atoms with Crippen LogP contribution in [0.3, 0.4) is 0 Å². The summed E-state index contributed by atoms with van der Waals surface area (Å²) in [5.41, 5.74) is -0.131. The van der Waals surface area contributed by atoms with Crippen molar-refractivity contribution in [1.29, 1.82) is 0 Å². The first kappa shape index (κ1) is 15.9. The minimum atomic E-state index is -4.20. The van der Waals surface area contributed by atoms with Crippen LogP contribution in [0.25, 0.3) is 10.1 Å². The van der Waals surface area contributed by atoms with Gasteiger partial charge < -0.3 is 4.55 Å². The third-order valence-electron chi connectivity index (χ3n) is 2.31. The van der Waals surface area contributed by atoms with Crippen molar-refractivity contribution in [1.82, 2.24) is 3.96 Å². The molecule has 2 rings (SSSR count). The van der Waals surface area contributed by atoms with Gasteiger partial charge in [0.1, 0.15) is 0 Å². The monoisotopic (exact) mass is 295 g/mol. The predicted octanol–water partition coefficient (Wildman–Crippen LogP) is -2.00. The van der Waals surface area contributed by atoms with E-state index in [2.05, 4.69) is 0 Å². The third kappa shape index (κ3) is 3.91. The summed E-state index contributed by atoms with van der Waals surface area (Å²) < 4.78 is 33.7. The molecule has 0 aliphatic rings. The smallest absolute Gasteiger partial charge is 0.748 e. The van der Waals surface area contributed by atoms with Crippen LogP contribution >= 0.6 is 11.5 Å². The fourth-order valence-corrected chi connectivity index (χ4v) is 3.06. The zero-order chi connectivity index (χ0) is 12.5. The van der Waals surface area contributed by atoms with Gasteiger partial charge in [0.2, 0.25) is 0 Å². The molecule has 8 heteroatoms. The first-order chi connectivity index (χ1) is 7.97. The average Bonchev–Trinajstić information content (AvgIpc) is 2.55. The first-order valence-corrected chi connectivity index (χ1v) is 7.35. The normalized spacial score (nSPS) is 11.4. The zero-order valence-electron chi connectivity index (χ0n) is 9.83. The molecule has 1 aromatic heterocycles. The SMILES string of the molecule is O=c1c2ccccc2sn1CCCS(=O)(=O)[O-].[Na+]. The Hall–Kier alpha value is -0.180. The predicted molar refractivity (Wildman–Crippen MR) is 65.3 cm³/mol. The standard InChI is InChI=1S/C10H11NO4S2.Na/c12-10-8-4-1-2-5-9(8)16-11(10)6-3-7-17(13,14)15;/h1-2,4-5H,3,6-7H2,(H,13,14,15);/q;+1/p-1. The molecule has 0 aliphatic heterocycles. The average molecular weight is 295 g/mol. The molecule has 0 radical (unpaired) electrons. The van der Waals surface area contributed by atoms with E-state index in [-0.39, 0.29) is 48.1 Å². The minimum absolute atomic E-state index is 0. The number of hydrogen-bond acceptors (Lipinski definition) is 5. The van der Waals surface area contributed by atoms with Crippen molar-refractivity contribution in [3.05, 3.63) is 34.6 Å². The largest absolute Gasteiger partial charge is 1.00 e. The molecule has 0 amide bonds. The van der Waals surface area contributed by atoms with Crippen molar-refractivity contribution in [2.75, 3.05) is 5.75 Å². The molecule has 5 nitrogen and oxygen atoms in total. The maximum atomic E-state index is 11.8. The Balaban J connectivity index is 0.00000162. The van der Waals surface area contributed by atoms with Crippen LogP contribution in [0, 0.1) is 0 Å². The Bertz CT molecular complexity index is 689. The van der Waals surface area contributed by atoms with Crippen molar-refractivity contribution in [2.45, 2.75) is 13.0 Å². The molecule has 0 unspecified atom stereocenters. The van der Waals surface area contributed by atoms with Gasteiger partial charge in [-0.25, -0.2) is 8.42 Å². The minimum Gasteiger partial charge on any atom is -0.748 e.